The molecule has 3 atom stereocenters. The van der Waals surface area contributed by atoms with E-state index in [1.54, 1.807) is 0 Å². The van der Waals surface area contributed by atoms with Crippen molar-refractivity contribution in [1.82, 2.24) is 10.6 Å². The van der Waals surface area contributed by atoms with E-state index in [1.807, 2.05) is 11.3 Å². The van der Waals surface area contributed by atoms with Crippen molar-refractivity contribution in [3.63, 3.8) is 0 Å². The Balaban J connectivity index is 0.00000200. The van der Waals surface area contributed by atoms with Crippen LogP contribution in [0.2, 0.25) is 0 Å². The number of aryl methyl sites for hydroxylation is 1. The van der Waals surface area contributed by atoms with Gasteiger partial charge in [0.05, 0.1) is 0 Å². The maximum Gasteiger partial charge on any atom is 0.223 e. The Labute approximate surface area is 131 Å². The first-order valence-electron chi connectivity index (χ1n) is 7.13. The Bertz CT molecular complexity index is 435. The highest BCUT2D eigenvalue weighted by molar-refractivity contribution is 7.11. The second-order valence-corrected chi connectivity index (χ2v) is 7.08. The second-order valence-electron chi connectivity index (χ2n) is 5.70. The van der Waals surface area contributed by atoms with Gasteiger partial charge in [0.15, 0.2) is 0 Å². The second kappa shape index (κ2) is 8.01. The molecule has 20 heavy (non-hydrogen) atoms. The molecule has 5 heteroatoms. The van der Waals surface area contributed by atoms with Gasteiger partial charge in [0, 0.05) is 34.2 Å². The minimum absolute atomic E-state index is 0. The highest BCUT2D eigenvalue weighted by Crippen LogP contribution is 2.18. The van der Waals surface area contributed by atoms with E-state index < -0.39 is 0 Å². The van der Waals surface area contributed by atoms with E-state index in [1.165, 1.54) is 9.75 Å². The average Bonchev–Trinajstić information content (AvgIpc) is 2.74. The molecule has 0 bridgehead atoms. The van der Waals surface area contributed by atoms with Crippen molar-refractivity contribution in [1.29, 1.82) is 0 Å². The molecule has 3 nitrogen and oxygen atoms in total. The van der Waals surface area contributed by atoms with Gasteiger partial charge in [-0.3, -0.25) is 4.79 Å². The van der Waals surface area contributed by atoms with E-state index in [0.717, 1.165) is 25.8 Å². The topological polar surface area (TPSA) is 41.1 Å². The third-order valence-corrected chi connectivity index (χ3v) is 4.71. The zero-order valence-electron chi connectivity index (χ0n) is 12.4. The van der Waals surface area contributed by atoms with Crippen molar-refractivity contribution in [2.45, 2.75) is 52.1 Å². The first-order chi connectivity index (χ1) is 9.04. The van der Waals surface area contributed by atoms with Gasteiger partial charge in [0.25, 0.3) is 0 Å². The van der Waals surface area contributed by atoms with Crippen LogP contribution in [-0.2, 0) is 11.2 Å². The molecule has 1 aromatic heterocycles. The van der Waals surface area contributed by atoms with Crippen LogP contribution in [0.4, 0.5) is 0 Å². The summed E-state index contributed by atoms with van der Waals surface area (Å²) in [4.78, 5) is 14.9. The summed E-state index contributed by atoms with van der Waals surface area (Å²) in [6, 6.07) is 4.98. The summed E-state index contributed by atoms with van der Waals surface area (Å²) >= 11 is 1.82. The highest BCUT2D eigenvalue weighted by Gasteiger charge is 2.25. The summed E-state index contributed by atoms with van der Waals surface area (Å²) in [5, 5.41) is 6.55. The molecule has 1 amide bonds. The smallest absolute Gasteiger partial charge is 0.223 e. The number of thiophene rings is 1. The van der Waals surface area contributed by atoms with Crippen LogP contribution in [0.15, 0.2) is 12.1 Å². The van der Waals surface area contributed by atoms with E-state index in [4.69, 9.17) is 0 Å². The van der Waals surface area contributed by atoms with Crippen LogP contribution in [0.1, 0.15) is 36.4 Å². The lowest BCUT2D eigenvalue weighted by atomic mass is 9.92. The fraction of sp³-hybridized carbons (Fsp3) is 0.667. The molecular weight excluding hydrogens is 292 g/mol. The van der Waals surface area contributed by atoms with Crippen LogP contribution in [0.3, 0.4) is 0 Å². The Morgan fingerprint density at radius 1 is 1.55 bits per heavy atom. The Morgan fingerprint density at radius 2 is 2.30 bits per heavy atom. The monoisotopic (exact) mass is 316 g/mol. The van der Waals surface area contributed by atoms with Gasteiger partial charge >= 0.3 is 0 Å². The molecule has 114 valence electrons. The van der Waals surface area contributed by atoms with E-state index in [0.29, 0.717) is 6.04 Å². The molecule has 1 fully saturated rings. The maximum atomic E-state index is 12.2. The minimum Gasteiger partial charge on any atom is -0.353 e. The summed E-state index contributed by atoms with van der Waals surface area (Å²) in [5.74, 6) is 0.415. The third-order valence-electron chi connectivity index (χ3n) is 3.69. The largest absolute Gasteiger partial charge is 0.353 e. The van der Waals surface area contributed by atoms with Gasteiger partial charge in [0.2, 0.25) is 5.91 Å². The molecule has 1 aliphatic rings. The van der Waals surface area contributed by atoms with Crippen molar-refractivity contribution in [3.8, 4) is 0 Å². The number of rotatable bonds is 4. The third kappa shape index (κ3) is 5.08. The van der Waals surface area contributed by atoms with Gasteiger partial charge in [-0.2, -0.15) is 0 Å². The minimum atomic E-state index is 0. The average molecular weight is 317 g/mol. The lowest BCUT2D eigenvalue weighted by Gasteiger charge is -2.28. The normalized spacial score (nSPS) is 23.8. The molecule has 2 N–H and O–H groups in total. The Morgan fingerprint density at radius 3 is 2.90 bits per heavy atom. The van der Waals surface area contributed by atoms with Crippen LogP contribution >= 0.6 is 23.7 Å². The van der Waals surface area contributed by atoms with Crippen molar-refractivity contribution in [3.05, 3.63) is 21.9 Å². The SMILES string of the molecule is Cc1ccc(CC(C)NC(=O)[C@H]2CCN[C@@H](C)C2)s1.Cl. The van der Waals surface area contributed by atoms with Crippen LogP contribution in [0, 0.1) is 12.8 Å². The molecule has 0 aliphatic carbocycles. The fourth-order valence-corrected chi connectivity index (χ4v) is 3.70. The van der Waals surface area contributed by atoms with Gasteiger partial charge < -0.3 is 10.6 Å². The lowest BCUT2D eigenvalue weighted by Crippen LogP contribution is -2.45. The molecule has 0 radical (unpaired) electrons. The summed E-state index contributed by atoms with van der Waals surface area (Å²) < 4.78 is 0. The number of nitrogens with one attached hydrogen (secondary N) is 2. The van der Waals surface area contributed by atoms with Crippen molar-refractivity contribution in [2.75, 3.05) is 6.54 Å². The maximum absolute atomic E-state index is 12.2. The number of carbonyl (C=O) groups excluding carboxylic acids is 1. The number of hydrogen-bond acceptors (Lipinski definition) is 3. The molecule has 2 heterocycles. The van der Waals surface area contributed by atoms with Gasteiger partial charge in [-0.15, -0.1) is 23.7 Å². The standard InChI is InChI=1S/C15H24N2OS.ClH/c1-10-8-13(6-7-16-10)15(18)17-11(2)9-14-5-4-12(3)19-14;/h4-5,10-11,13,16H,6-9H2,1-3H3,(H,17,18);1H/t10-,11?,13-;/m0./s1. The quantitative estimate of drug-likeness (QED) is 0.896. The highest BCUT2D eigenvalue weighted by atomic mass is 35.5. The predicted molar refractivity (Wildman–Crippen MR) is 87.8 cm³/mol. The molecule has 2 rings (SSSR count). The number of hydrogen-bond donors (Lipinski definition) is 2. The van der Waals surface area contributed by atoms with Crippen LogP contribution in [-0.4, -0.2) is 24.5 Å². The molecule has 1 saturated heterocycles. The molecule has 1 unspecified atom stereocenters. The summed E-state index contributed by atoms with van der Waals surface area (Å²) in [7, 11) is 0. The molecule has 0 spiro atoms. The van der Waals surface area contributed by atoms with Crippen LogP contribution in [0.25, 0.3) is 0 Å². The van der Waals surface area contributed by atoms with Gasteiger partial charge in [-0.05, 0) is 52.3 Å². The molecule has 1 aliphatic heterocycles. The lowest BCUT2D eigenvalue weighted by molar-refractivity contribution is -0.126. The fourth-order valence-electron chi connectivity index (χ4n) is 2.68. The number of amides is 1. The number of piperidine rings is 1. The summed E-state index contributed by atoms with van der Waals surface area (Å²) in [6.45, 7) is 7.32. The Hall–Kier alpha value is -0.580. The van der Waals surface area contributed by atoms with Gasteiger partial charge in [-0.25, -0.2) is 0 Å². The van der Waals surface area contributed by atoms with E-state index in [-0.39, 0.29) is 30.3 Å². The summed E-state index contributed by atoms with van der Waals surface area (Å²) in [6.07, 6.45) is 2.85. The van der Waals surface area contributed by atoms with Gasteiger partial charge in [0.1, 0.15) is 0 Å². The predicted octanol–water partition coefficient (Wildman–Crippen LogP) is 2.91. The molecule has 1 aromatic rings. The zero-order valence-corrected chi connectivity index (χ0v) is 14.1. The summed E-state index contributed by atoms with van der Waals surface area (Å²) in [5.41, 5.74) is 0. The van der Waals surface area contributed by atoms with Crippen molar-refractivity contribution in [2.24, 2.45) is 5.92 Å². The number of carbonyl (C=O) groups is 1. The molecule has 0 saturated carbocycles. The van der Waals surface area contributed by atoms with Crippen LogP contribution in [0.5, 0.6) is 0 Å². The van der Waals surface area contributed by atoms with Crippen molar-refractivity contribution < 1.29 is 4.79 Å². The first kappa shape index (κ1) is 17.5. The van der Waals surface area contributed by atoms with E-state index >= 15 is 0 Å². The van der Waals surface area contributed by atoms with E-state index in [9.17, 15) is 4.79 Å². The molecular formula is C15H25ClN2OS. The first-order valence-corrected chi connectivity index (χ1v) is 7.95. The van der Waals surface area contributed by atoms with Gasteiger partial charge in [-0.1, -0.05) is 0 Å². The zero-order chi connectivity index (χ0) is 13.8. The van der Waals surface area contributed by atoms with E-state index in [2.05, 4.69) is 43.5 Å². The van der Waals surface area contributed by atoms with Crippen LogP contribution < -0.4 is 10.6 Å². The van der Waals surface area contributed by atoms with Crippen molar-refractivity contribution >= 4 is 29.7 Å². The Kier molecular flexibility index (Phi) is 7.00. The molecule has 0 aromatic carbocycles. The number of halogens is 1.